The Bertz CT molecular complexity index is 685. The molecule has 140 valence electrons. The van der Waals surface area contributed by atoms with Crippen LogP contribution in [0.4, 0.5) is 5.82 Å². The minimum atomic E-state index is -3.43. The minimum Gasteiger partial charge on any atom is -0.310 e. The van der Waals surface area contributed by atoms with Crippen LogP contribution in [-0.2, 0) is 15.0 Å². The molecule has 2 heterocycles. The zero-order valence-electron chi connectivity index (χ0n) is 15.2. The average Bonchev–Trinajstić information content (AvgIpc) is 2.61. The molecular formula is C17H28N4O3S. The van der Waals surface area contributed by atoms with E-state index < -0.39 is 10.2 Å². The third-order valence-electron chi connectivity index (χ3n) is 4.62. The fraction of sp³-hybridized carbons (Fsp3) is 0.647. The number of aryl methyl sites for hydroxylation is 1. The summed E-state index contributed by atoms with van der Waals surface area (Å²) in [5.74, 6) is 0.300. The first-order valence-corrected chi connectivity index (χ1v) is 10.2. The first kappa shape index (κ1) is 19.8. The van der Waals surface area contributed by atoms with E-state index in [1.54, 1.807) is 13.2 Å². The lowest BCUT2D eigenvalue weighted by atomic mass is 9.97. The Morgan fingerprint density at radius 2 is 2.08 bits per heavy atom. The second-order valence-corrected chi connectivity index (χ2v) is 8.55. The van der Waals surface area contributed by atoms with Gasteiger partial charge in [-0.2, -0.15) is 17.0 Å². The van der Waals surface area contributed by atoms with Gasteiger partial charge in [-0.3, -0.25) is 4.79 Å². The van der Waals surface area contributed by atoms with E-state index >= 15 is 0 Å². The molecule has 1 amide bonds. The largest absolute Gasteiger partial charge is 0.310 e. The van der Waals surface area contributed by atoms with Crippen LogP contribution in [0.25, 0.3) is 0 Å². The number of pyridine rings is 1. The molecule has 8 heteroatoms. The normalized spacial score (nSPS) is 17.0. The van der Waals surface area contributed by atoms with Crippen LogP contribution in [-0.4, -0.2) is 54.6 Å². The Labute approximate surface area is 150 Å². The summed E-state index contributed by atoms with van der Waals surface area (Å²) >= 11 is 0. The van der Waals surface area contributed by atoms with Gasteiger partial charge >= 0.3 is 0 Å². The molecule has 0 radical (unpaired) electrons. The van der Waals surface area contributed by atoms with Crippen molar-refractivity contribution in [2.24, 2.45) is 5.92 Å². The molecule has 0 unspecified atom stereocenters. The summed E-state index contributed by atoms with van der Waals surface area (Å²) in [5, 5.41) is 2.86. The molecular weight excluding hydrogens is 340 g/mol. The van der Waals surface area contributed by atoms with E-state index in [2.05, 4.69) is 10.3 Å². The standard InChI is InChI=1S/C17H28N4O3S/c1-4-5-11-20(3)25(23,24)21-12-8-15(9-13-21)17(22)19-16-14(2)7-6-10-18-16/h6-7,10,15H,4-5,8-9,11-13H2,1-3H3,(H,18,19,22). The maximum atomic E-state index is 12.5. The van der Waals surface area contributed by atoms with Gasteiger partial charge in [-0.25, -0.2) is 4.98 Å². The lowest BCUT2D eigenvalue weighted by molar-refractivity contribution is -0.120. The Hall–Kier alpha value is -1.51. The van der Waals surface area contributed by atoms with E-state index in [1.807, 2.05) is 26.0 Å². The molecule has 0 bridgehead atoms. The summed E-state index contributed by atoms with van der Waals surface area (Å²) < 4.78 is 28.0. The quantitative estimate of drug-likeness (QED) is 0.798. The highest BCUT2D eigenvalue weighted by molar-refractivity contribution is 7.86. The fourth-order valence-corrected chi connectivity index (χ4v) is 4.30. The predicted molar refractivity (Wildman–Crippen MR) is 98.4 cm³/mol. The monoisotopic (exact) mass is 368 g/mol. The second-order valence-electron chi connectivity index (χ2n) is 6.51. The highest BCUT2D eigenvalue weighted by Gasteiger charge is 2.33. The molecule has 1 saturated heterocycles. The summed E-state index contributed by atoms with van der Waals surface area (Å²) in [6.45, 7) is 5.20. The molecule has 1 aliphatic heterocycles. The van der Waals surface area contributed by atoms with E-state index in [0.29, 0.717) is 38.3 Å². The molecule has 0 atom stereocenters. The number of aromatic nitrogens is 1. The highest BCUT2D eigenvalue weighted by atomic mass is 32.2. The van der Waals surface area contributed by atoms with E-state index in [9.17, 15) is 13.2 Å². The Morgan fingerprint density at radius 3 is 2.68 bits per heavy atom. The Morgan fingerprint density at radius 1 is 1.40 bits per heavy atom. The summed E-state index contributed by atoms with van der Waals surface area (Å²) in [6.07, 6.45) is 4.49. The van der Waals surface area contributed by atoms with Crippen LogP contribution in [0.2, 0.25) is 0 Å². The van der Waals surface area contributed by atoms with Crippen LogP contribution in [0.5, 0.6) is 0 Å². The molecule has 2 rings (SSSR count). The summed E-state index contributed by atoms with van der Waals surface area (Å²) in [4.78, 5) is 16.6. The van der Waals surface area contributed by atoms with Crippen LogP contribution in [0.15, 0.2) is 18.3 Å². The maximum absolute atomic E-state index is 12.5. The van der Waals surface area contributed by atoms with Crippen LogP contribution in [0.3, 0.4) is 0 Å². The van der Waals surface area contributed by atoms with Crippen molar-refractivity contribution < 1.29 is 13.2 Å². The zero-order valence-corrected chi connectivity index (χ0v) is 16.1. The minimum absolute atomic E-state index is 0.0850. The first-order chi connectivity index (χ1) is 11.9. The van der Waals surface area contributed by atoms with Gasteiger partial charge in [0, 0.05) is 38.8 Å². The van der Waals surface area contributed by atoms with Gasteiger partial charge in [-0.1, -0.05) is 19.4 Å². The number of hydrogen-bond acceptors (Lipinski definition) is 4. The third kappa shape index (κ3) is 4.99. The number of anilines is 1. The Balaban J connectivity index is 1.90. The second kappa shape index (κ2) is 8.73. The lowest BCUT2D eigenvalue weighted by Gasteiger charge is -2.33. The molecule has 1 aromatic heterocycles. The van der Waals surface area contributed by atoms with Gasteiger partial charge in [0.2, 0.25) is 5.91 Å². The van der Waals surface area contributed by atoms with Crippen molar-refractivity contribution in [2.45, 2.75) is 39.5 Å². The number of hydrogen-bond donors (Lipinski definition) is 1. The molecule has 7 nitrogen and oxygen atoms in total. The topological polar surface area (TPSA) is 82.6 Å². The van der Waals surface area contributed by atoms with Gasteiger partial charge in [0.15, 0.2) is 0 Å². The van der Waals surface area contributed by atoms with Crippen molar-refractivity contribution in [2.75, 3.05) is 32.0 Å². The van der Waals surface area contributed by atoms with Crippen LogP contribution < -0.4 is 5.32 Å². The van der Waals surface area contributed by atoms with Crippen LogP contribution >= 0.6 is 0 Å². The summed E-state index contributed by atoms with van der Waals surface area (Å²) in [6, 6.07) is 3.72. The number of nitrogens with one attached hydrogen (secondary N) is 1. The molecule has 1 aromatic rings. The average molecular weight is 369 g/mol. The smallest absolute Gasteiger partial charge is 0.281 e. The third-order valence-corrected chi connectivity index (χ3v) is 6.61. The maximum Gasteiger partial charge on any atom is 0.281 e. The van der Waals surface area contributed by atoms with Gasteiger partial charge in [0.05, 0.1) is 0 Å². The molecule has 1 aliphatic rings. The van der Waals surface area contributed by atoms with Gasteiger partial charge in [-0.05, 0) is 37.8 Å². The summed E-state index contributed by atoms with van der Waals surface area (Å²) in [5.41, 5.74) is 0.911. The van der Waals surface area contributed by atoms with E-state index in [0.717, 1.165) is 18.4 Å². The van der Waals surface area contributed by atoms with Crippen molar-refractivity contribution in [3.63, 3.8) is 0 Å². The van der Waals surface area contributed by atoms with Crippen molar-refractivity contribution in [3.8, 4) is 0 Å². The van der Waals surface area contributed by atoms with Gasteiger partial charge < -0.3 is 5.32 Å². The zero-order chi connectivity index (χ0) is 18.4. The van der Waals surface area contributed by atoms with E-state index in [-0.39, 0.29) is 11.8 Å². The summed E-state index contributed by atoms with van der Waals surface area (Å²) in [7, 11) is -1.81. The highest BCUT2D eigenvalue weighted by Crippen LogP contribution is 2.23. The van der Waals surface area contributed by atoms with Gasteiger partial charge in [0.1, 0.15) is 5.82 Å². The molecule has 0 spiro atoms. The first-order valence-electron chi connectivity index (χ1n) is 8.80. The number of rotatable bonds is 7. The molecule has 0 aliphatic carbocycles. The SMILES string of the molecule is CCCCN(C)S(=O)(=O)N1CCC(C(=O)Nc2ncccc2C)CC1. The number of amides is 1. The molecule has 0 saturated carbocycles. The Kier molecular flexibility index (Phi) is 6.92. The number of carbonyl (C=O) groups excluding carboxylic acids is 1. The van der Waals surface area contributed by atoms with Gasteiger partial charge in [0.25, 0.3) is 10.2 Å². The molecule has 25 heavy (non-hydrogen) atoms. The van der Waals surface area contributed by atoms with E-state index in [1.165, 1.54) is 8.61 Å². The van der Waals surface area contributed by atoms with Gasteiger partial charge in [-0.15, -0.1) is 0 Å². The van der Waals surface area contributed by atoms with E-state index in [4.69, 9.17) is 0 Å². The number of carbonyl (C=O) groups is 1. The number of piperidine rings is 1. The number of nitrogens with zero attached hydrogens (tertiary/aromatic N) is 3. The van der Waals surface area contributed by atoms with Crippen LogP contribution in [0.1, 0.15) is 38.2 Å². The molecule has 1 fully saturated rings. The van der Waals surface area contributed by atoms with Crippen molar-refractivity contribution in [1.82, 2.24) is 13.6 Å². The molecule has 1 N–H and O–H groups in total. The predicted octanol–water partition coefficient (Wildman–Crippen LogP) is 2.02. The van der Waals surface area contributed by atoms with Crippen molar-refractivity contribution in [3.05, 3.63) is 23.9 Å². The fourth-order valence-electron chi connectivity index (χ4n) is 2.88. The van der Waals surface area contributed by atoms with Crippen molar-refractivity contribution in [1.29, 1.82) is 0 Å². The van der Waals surface area contributed by atoms with Crippen LogP contribution in [0, 0.1) is 12.8 Å². The van der Waals surface area contributed by atoms with Crippen molar-refractivity contribution >= 4 is 21.9 Å². The number of unbranched alkanes of at least 4 members (excludes halogenated alkanes) is 1. The molecule has 0 aromatic carbocycles. The lowest BCUT2D eigenvalue weighted by Crippen LogP contribution is -2.47.